The molecule has 15 unspecified atom stereocenters. The first-order valence-corrected chi connectivity index (χ1v) is 28.9. The molecule has 39 heteroatoms. The van der Waals surface area contributed by atoms with Crippen LogP contribution in [0.15, 0.2) is 0 Å². The SMILES string of the molecule is CC(=O)NC1C(O)[C@H](O)[C@H](CO)O[C@H]1OC1[C@@H](OCC2O[C@@H](O[C@@H]3C(CO)O[C@@H](O[C@@H]4C(CO)OC(C)C(NC(C)=O)[C@H]4O)C(NC(C)=O)[C@H]3O)C(O)[C@@H](O[C@H]3O[C@H](CO)[C@@H](O)C(O)C3O[C@@H]3OC(CO)[C@@H](O)[C@H](O)C3NC(C)=O)[C@@H]2O)OC(CO)[C@@H](O)[C@@H]1O. The van der Waals surface area contributed by atoms with E-state index in [1.807, 2.05) is 0 Å². The van der Waals surface area contributed by atoms with Crippen LogP contribution >= 0.6 is 0 Å². The molecule has 0 aliphatic carbocycles. The van der Waals surface area contributed by atoms with Crippen molar-refractivity contribution in [1.82, 2.24) is 21.3 Å². The van der Waals surface area contributed by atoms with E-state index in [4.69, 9.17) is 61.6 Å². The van der Waals surface area contributed by atoms with E-state index >= 15 is 0 Å². The van der Waals surface area contributed by atoms with Crippen molar-refractivity contribution in [2.45, 2.75) is 249 Å². The van der Waals surface area contributed by atoms with E-state index in [1.54, 1.807) is 0 Å². The van der Waals surface area contributed by atoms with Crippen LogP contribution in [0.25, 0.3) is 0 Å². The molecule has 35 atom stereocenters. The van der Waals surface area contributed by atoms with Gasteiger partial charge in [0.25, 0.3) is 0 Å². The first kappa shape index (κ1) is 74.0. The third-order valence-electron chi connectivity index (χ3n) is 16.4. The molecule has 22 N–H and O–H groups in total. The maximum atomic E-state index is 12.8. The maximum absolute atomic E-state index is 12.8. The fourth-order valence-electron chi connectivity index (χ4n) is 11.7. The number of carbonyl (C=O) groups excluding carboxylic acids is 4. The predicted molar refractivity (Wildman–Crippen MR) is 282 cm³/mol. The average molecular weight is 1320 g/mol. The van der Waals surface area contributed by atoms with Crippen LogP contribution < -0.4 is 21.3 Å². The lowest BCUT2D eigenvalue weighted by Crippen LogP contribution is -2.70. The molecule has 0 aromatic rings. The van der Waals surface area contributed by atoms with E-state index in [2.05, 4.69) is 21.3 Å². The van der Waals surface area contributed by atoms with Gasteiger partial charge < -0.3 is 175 Å². The molecule has 90 heavy (non-hydrogen) atoms. The lowest BCUT2D eigenvalue weighted by molar-refractivity contribution is -0.395. The highest BCUT2D eigenvalue weighted by molar-refractivity contribution is 5.74. The number of nitrogens with one attached hydrogen (secondary N) is 4. The Morgan fingerprint density at radius 2 is 0.600 bits per heavy atom. The lowest BCUT2D eigenvalue weighted by Gasteiger charge is -2.51. The van der Waals surface area contributed by atoms with Crippen molar-refractivity contribution < 1.29 is 173 Å². The number of rotatable bonds is 23. The molecule has 0 saturated carbocycles. The van der Waals surface area contributed by atoms with Gasteiger partial charge in [-0.2, -0.15) is 0 Å². The second kappa shape index (κ2) is 32.4. The second-order valence-electron chi connectivity index (χ2n) is 22.9. The van der Waals surface area contributed by atoms with Crippen molar-refractivity contribution >= 4 is 23.6 Å². The largest absolute Gasteiger partial charge is 0.394 e. The predicted octanol–water partition coefficient (Wildman–Crippen LogP) is -14.6. The highest BCUT2D eigenvalue weighted by atomic mass is 16.8. The van der Waals surface area contributed by atoms with E-state index in [1.165, 1.54) is 6.92 Å². The minimum atomic E-state index is -2.42. The Hall–Kier alpha value is -3.36. The van der Waals surface area contributed by atoms with Crippen LogP contribution in [0.4, 0.5) is 0 Å². The van der Waals surface area contributed by atoms with Gasteiger partial charge in [-0.05, 0) is 6.92 Å². The topological polar surface area (TPSA) is 601 Å². The van der Waals surface area contributed by atoms with Gasteiger partial charge in [0.15, 0.2) is 37.7 Å². The number of ether oxygens (including phenoxy) is 13. The van der Waals surface area contributed by atoms with E-state index in [-0.39, 0.29) is 0 Å². The van der Waals surface area contributed by atoms with E-state index < -0.39 is 284 Å². The zero-order chi connectivity index (χ0) is 66.5. The van der Waals surface area contributed by atoms with Gasteiger partial charge in [-0.1, -0.05) is 0 Å². The van der Waals surface area contributed by atoms with Crippen molar-refractivity contribution in [2.75, 3.05) is 46.2 Å². The first-order valence-electron chi connectivity index (χ1n) is 28.9. The highest BCUT2D eigenvalue weighted by Gasteiger charge is 2.59. The van der Waals surface area contributed by atoms with Crippen LogP contribution in [0.3, 0.4) is 0 Å². The van der Waals surface area contributed by atoms with Gasteiger partial charge in [0.05, 0.1) is 58.4 Å². The Labute approximate surface area is 512 Å². The van der Waals surface area contributed by atoms with Gasteiger partial charge in [0, 0.05) is 27.7 Å². The Kier molecular flexibility index (Phi) is 26.6. The van der Waals surface area contributed by atoms with Crippen LogP contribution in [0.5, 0.6) is 0 Å². The molecule has 39 nitrogen and oxygen atoms in total. The smallest absolute Gasteiger partial charge is 0.217 e. The summed E-state index contributed by atoms with van der Waals surface area (Å²) in [5.41, 5.74) is 0. The summed E-state index contributed by atoms with van der Waals surface area (Å²) in [4.78, 5) is 49.7. The monoisotopic (exact) mass is 1310 g/mol. The number of carbonyl (C=O) groups is 4. The zero-order valence-electron chi connectivity index (χ0n) is 49.1. The Morgan fingerprint density at radius 3 is 1.02 bits per heavy atom. The number of aliphatic hydroxyl groups excluding tert-OH is 18. The highest BCUT2D eigenvalue weighted by Crippen LogP contribution is 2.38. The second-order valence-corrected chi connectivity index (χ2v) is 22.9. The molecular formula is C51H86N4O35. The number of hydrogen-bond donors (Lipinski definition) is 22. The third-order valence-corrected chi connectivity index (χ3v) is 16.4. The Morgan fingerprint density at radius 1 is 0.300 bits per heavy atom. The van der Waals surface area contributed by atoms with E-state index in [9.17, 15) is 111 Å². The van der Waals surface area contributed by atoms with Crippen LogP contribution in [-0.4, -0.2) is 376 Å². The molecule has 0 radical (unpaired) electrons. The number of aliphatic hydroxyl groups is 18. The summed E-state index contributed by atoms with van der Waals surface area (Å²) in [6.07, 6.45) is -59.7. The van der Waals surface area contributed by atoms with Crippen molar-refractivity contribution in [3.8, 4) is 0 Å². The number of amides is 4. The molecule has 7 heterocycles. The average Bonchev–Trinajstić information content (AvgIpc) is 0.859. The summed E-state index contributed by atoms with van der Waals surface area (Å²) < 4.78 is 77.4. The van der Waals surface area contributed by atoms with Crippen molar-refractivity contribution in [2.24, 2.45) is 0 Å². The normalized spacial score (nSPS) is 47.6. The molecular weight excluding hydrogens is 1230 g/mol. The summed E-state index contributed by atoms with van der Waals surface area (Å²) in [5, 5.41) is 209. The molecule has 4 amide bonds. The van der Waals surface area contributed by atoms with E-state index in [0.29, 0.717) is 0 Å². The summed E-state index contributed by atoms with van der Waals surface area (Å²) in [6, 6.07) is -6.32. The Bertz CT molecular complexity index is 2310. The lowest BCUT2D eigenvalue weighted by atomic mass is 9.92. The fraction of sp³-hybridized carbons (Fsp3) is 0.922. The van der Waals surface area contributed by atoms with Crippen molar-refractivity contribution in [3.05, 3.63) is 0 Å². The van der Waals surface area contributed by atoms with Crippen LogP contribution in [0.1, 0.15) is 34.6 Å². The van der Waals surface area contributed by atoms with Crippen LogP contribution in [0, 0.1) is 0 Å². The van der Waals surface area contributed by atoms with Gasteiger partial charge in [-0.25, -0.2) is 0 Å². The molecule has 0 aromatic carbocycles. The molecule has 520 valence electrons. The van der Waals surface area contributed by atoms with Gasteiger partial charge in [0.1, 0.15) is 165 Å². The summed E-state index contributed by atoms with van der Waals surface area (Å²) >= 11 is 0. The molecule has 0 spiro atoms. The van der Waals surface area contributed by atoms with Gasteiger partial charge in [-0.3, -0.25) is 19.2 Å². The van der Waals surface area contributed by atoms with Gasteiger partial charge >= 0.3 is 0 Å². The van der Waals surface area contributed by atoms with Crippen molar-refractivity contribution in [1.29, 1.82) is 0 Å². The van der Waals surface area contributed by atoms with Crippen LogP contribution in [0.2, 0.25) is 0 Å². The maximum Gasteiger partial charge on any atom is 0.217 e. The fourth-order valence-corrected chi connectivity index (χ4v) is 11.7. The zero-order valence-corrected chi connectivity index (χ0v) is 49.1. The summed E-state index contributed by atoms with van der Waals surface area (Å²) in [5.74, 6) is -3.06. The minimum Gasteiger partial charge on any atom is -0.394 e. The summed E-state index contributed by atoms with van der Waals surface area (Å²) in [7, 11) is 0. The number of hydrogen-bond acceptors (Lipinski definition) is 35. The standard InChI is InChI=1S/C51H86N4O35/c1-13-25(52-14(2)62)36(73)41(22(10-60)79-13)86-48-28(55-17(5)65)37(74)42(23(11-61)84-48)87-49-40(77)43(88-51-45(39(76)32(69)21(9-59)83-51)90-47-27(54-16(4)64)35(72)30(67)19(7-57)81-47)33(70)24(85-49)12-78-50-44(38(75)31(68)20(8-58)82-50)89-46-26(53-15(3)63)34(71)29(66)18(6-56)80-46/h13,18-51,56-61,66-77H,6-12H2,1-5H3,(H,52,62)(H,53,63)(H,54,64)(H,55,65)/t13?,18-,19?,20?,21+,22?,23?,24?,25?,26?,27?,28?,29+,30+,31+,32+,33+,34?,35+,36+,37+,38-,39?,40?,41+,42+,43-,44?,45?,46-,47-,48-,49-,50-,51+/m0/s1. The van der Waals surface area contributed by atoms with Crippen molar-refractivity contribution in [3.63, 3.8) is 0 Å². The minimum absolute atomic E-state index is 0.591. The quantitative estimate of drug-likeness (QED) is 0.0452. The molecule has 7 aliphatic heterocycles. The van der Waals surface area contributed by atoms with Crippen LogP contribution in [-0.2, 0) is 80.8 Å². The molecule has 7 fully saturated rings. The third kappa shape index (κ3) is 16.5. The van der Waals surface area contributed by atoms with Gasteiger partial charge in [0.2, 0.25) is 23.6 Å². The Balaban J connectivity index is 1.25. The molecule has 7 rings (SSSR count). The molecule has 0 aromatic heterocycles. The molecule has 0 bridgehead atoms. The molecule has 7 saturated heterocycles. The first-order chi connectivity index (χ1) is 42.5. The molecule has 7 aliphatic rings. The van der Waals surface area contributed by atoms with E-state index in [0.717, 1.165) is 27.7 Å². The van der Waals surface area contributed by atoms with Gasteiger partial charge in [-0.15, -0.1) is 0 Å². The summed E-state index contributed by atoms with van der Waals surface area (Å²) in [6.45, 7) is -1.24.